The fourth-order valence-electron chi connectivity index (χ4n) is 2.19. The highest BCUT2D eigenvalue weighted by molar-refractivity contribution is 5.77. The van der Waals surface area contributed by atoms with Crippen LogP contribution in [0.3, 0.4) is 0 Å². The summed E-state index contributed by atoms with van der Waals surface area (Å²) in [6.45, 7) is 3.86. The minimum absolute atomic E-state index is 0.177. The molecule has 86 valence electrons. The van der Waals surface area contributed by atoms with Gasteiger partial charge >= 0.3 is 5.97 Å². The Labute approximate surface area is 95.8 Å². The molecule has 0 amide bonds. The molecule has 1 aliphatic rings. The Hall–Kier alpha value is -1.35. The molecule has 0 radical (unpaired) electrons. The standard InChI is InChI=1S/C13H17NO2/c1-13(2)10-7-5-4-6-9(10)8-11(14-3)12(15)16-13/h4-7,11,14H,8H2,1-3H3. The number of hydrogen-bond acceptors (Lipinski definition) is 3. The van der Waals surface area contributed by atoms with Crippen molar-refractivity contribution in [1.82, 2.24) is 5.32 Å². The zero-order valence-corrected chi connectivity index (χ0v) is 9.91. The summed E-state index contributed by atoms with van der Waals surface area (Å²) in [4.78, 5) is 11.8. The molecule has 1 heterocycles. The van der Waals surface area contributed by atoms with Gasteiger partial charge in [-0.15, -0.1) is 0 Å². The third kappa shape index (κ3) is 1.83. The molecule has 16 heavy (non-hydrogen) atoms. The molecule has 1 aromatic carbocycles. The van der Waals surface area contributed by atoms with Crippen molar-refractivity contribution in [2.45, 2.75) is 31.9 Å². The Morgan fingerprint density at radius 2 is 2.06 bits per heavy atom. The fraction of sp³-hybridized carbons (Fsp3) is 0.462. The summed E-state index contributed by atoms with van der Waals surface area (Å²) in [5, 5.41) is 3.00. The molecule has 1 aromatic rings. The van der Waals surface area contributed by atoms with Gasteiger partial charge in [-0.3, -0.25) is 4.79 Å². The predicted octanol–water partition coefficient (Wildman–Crippen LogP) is 1.61. The molecule has 0 bridgehead atoms. The minimum atomic E-state index is -0.542. The van der Waals surface area contributed by atoms with Crippen molar-refractivity contribution in [3.8, 4) is 0 Å². The van der Waals surface area contributed by atoms with Gasteiger partial charge in [0.15, 0.2) is 0 Å². The van der Waals surface area contributed by atoms with E-state index in [0.717, 1.165) is 5.56 Å². The number of esters is 1. The van der Waals surface area contributed by atoms with Gasteiger partial charge in [0.1, 0.15) is 11.6 Å². The largest absolute Gasteiger partial charge is 0.454 e. The first-order valence-electron chi connectivity index (χ1n) is 5.53. The number of cyclic esters (lactones) is 1. The maximum Gasteiger partial charge on any atom is 0.324 e. The number of fused-ring (bicyclic) bond motifs is 1. The maximum absolute atomic E-state index is 11.8. The quantitative estimate of drug-likeness (QED) is 0.729. The summed E-state index contributed by atoms with van der Waals surface area (Å²) >= 11 is 0. The van der Waals surface area contributed by atoms with Gasteiger partial charge in [-0.2, -0.15) is 0 Å². The highest BCUT2D eigenvalue weighted by Gasteiger charge is 2.35. The second kappa shape index (κ2) is 3.91. The molecule has 1 N–H and O–H groups in total. The first-order valence-corrected chi connectivity index (χ1v) is 5.53. The molecule has 0 saturated heterocycles. The lowest BCUT2D eigenvalue weighted by Gasteiger charge is -2.25. The number of nitrogens with one attached hydrogen (secondary N) is 1. The van der Waals surface area contributed by atoms with Crippen molar-refractivity contribution in [3.63, 3.8) is 0 Å². The summed E-state index contributed by atoms with van der Waals surface area (Å²) in [6.07, 6.45) is 0.689. The Kier molecular flexibility index (Phi) is 2.72. The average molecular weight is 219 g/mol. The van der Waals surface area contributed by atoms with Crippen molar-refractivity contribution in [2.24, 2.45) is 0 Å². The van der Waals surface area contributed by atoms with Crippen LogP contribution in [0.4, 0.5) is 0 Å². The number of hydrogen-bond donors (Lipinski definition) is 1. The number of ether oxygens (including phenoxy) is 1. The summed E-state index contributed by atoms with van der Waals surface area (Å²) in [7, 11) is 1.78. The second-order valence-electron chi connectivity index (χ2n) is 4.63. The van der Waals surface area contributed by atoms with Crippen molar-refractivity contribution < 1.29 is 9.53 Å². The Morgan fingerprint density at radius 1 is 1.38 bits per heavy atom. The van der Waals surface area contributed by atoms with Gasteiger partial charge < -0.3 is 10.1 Å². The van der Waals surface area contributed by atoms with Crippen LogP contribution in [0.2, 0.25) is 0 Å². The minimum Gasteiger partial charge on any atom is -0.454 e. The van der Waals surface area contributed by atoms with E-state index in [2.05, 4.69) is 11.4 Å². The van der Waals surface area contributed by atoms with Gasteiger partial charge in [-0.05, 0) is 38.4 Å². The lowest BCUT2D eigenvalue weighted by atomic mass is 9.91. The van der Waals surface area contributed by atoms with E-state index in [4.69, 9.17) is 4.74 Å². The highest BCUT2D eigenvalue weighted by atomic mass is 16.6. The number of rotatable bonds is 1. The van der Waals surface area contributed by atoms with E-state index in [9.17, 15) is 4.79 Å². The molecule has 1 atom stereocenters. The van der Waals surface area contributed by atoms with E-state index < -0.39 is 5.60 Å². The van der Waals surface area contributed by atoms with Crippen LogP contribution in [0, 0.1) is 0 Å². The zero-order valence-electron chi connectivity index (χ0n) is 9.91. The molecule has 3 heteroatoms. The van der Waals surface area contributed by atoms with Gasteiger partial charge in [-0.1, -0.05) is 24.3 Å². The van der Waals surface area contributed by atoms with Crippen molar-refractivity contribution in [1.29, 1.82) is 0 Å². The van der Waals surface area contributed by atoms with Gasteiger partial charge in [0.05, 0.1) is 0 Å². The molecular formula is C13H17NO2. The van der Waals surface area contributed by atoms with Gasteiger partial charge in [0, 0.05) is 0 Å². The van der Waals surface area contributed by atoms with Crippen LogP contribution in [-0.2, 0) is 21.6 Å². The first kappa shape index (κ1) is 11.1. The van der Waals surface area contributed by atoms with Crippen LogP contribution in [0.1, 0.15) is 25.0 Å². The second-order valence-corrected chi connectivity index (χ2v) is 4.63. The summed E-state index contributed by atoms with van der Waals surface area (Å²) in [5.41, 5.74) is 1.73. The van der Waals surface area contributed by atoms with Gasteiger partial charge in [-0.25, -0.2) is 0 Å². The number of benzene rings is 1. The maximum atomic E-state index is 11.8. The molecule has 0 saturated carbocycles. The van der Waals surface area contributed by atoms with Crippen molar-refractivity contribution in [2.75, 3.05) is 7.05 Å². The van der Waals surface area contributed by atoms with Crippen LogP contribution in [0.25, 0.3) is 0 Å². The van der Waals surface area contributed by atoms with Crippen LogP contribution in [0.5, 0.6) is 0 Å². The molecule has 3 nitrogen and oxygen atoms in total. The Balaban J connectivity index is 2.48. The van der Waals surface area contributed by atoms with Crippen molar-refractivity contribution in [3.05, 3.63) is 35.4 Å². The molecule has 0 spiro atoms. The first-order chi connectivity index (χ1) is 7.54. The highest BCUT2D eigenvalue weighted by Crippen LogP contribution is 2.31. The molecular weight excluding hydrogens is 202 g/mol. The normalized spacial score (nSPS) is 23.2. The predicted molar refractivity (Wildman–Crippen MR) is 62.1 cm³/mol. The monoisotopic (exact) mass is 219 g/mol. The molecule has 1 unspecified atom stereocenters. The molecule has 0 aromatic heterocycles. The Morgan fingerprint density at radius 3 is 2.75 bits per heavy atom. The molecule has 1 aliphatic heterocycles. The van der Waals surface area contributed by atoms with Gasteiger partial charge in [0.2, 0.25) is 0 Å². The van der Waals surface area contributed by atoms with Crippen LogP contribution >= 0.6 is 0 Å². The lowest BCUT2D eigenvalue weighted by Crippen LogP contribution is -2.38. The summed E-state index contributed by atoms with van der Waals surface area (Å²) in [5.74, 6) is -0.177. The molecule has 0 fully saturated rings. The van der Waals surface area contributed by atoms with Gasteiger partial charge in [0.25, 0.3) is 0 Å². The lowest BCUT2D eigenvalue weighted by molar-refractivity contribution is -0.158. The van der Waals surface area contributed by atoms with E-state index in [1.54, 1.807) is 7.05 Å². The fourth-order valence-corrected chi connectivity index (χ4v) is 2.19. The third-order valence-electron chi connectivity index (χ3n) is 3.08. The number of likely N-dealkylation sites (N-methyl/N-ethyl adjacent to an activating group) is 1. The topological polar surface area (TPSA) is 38.3 Å². The van der Waals surface area contributed by atoms with Crippen molar-refractivity contribution >= 4 is 5.97 Å². The zero-order chi connectivity index (χ0) is 11.8. The summed E-state index contributed by atoms with van der Waals surface area (Å²) < 4.78 is 5.53. The van der Waals surface area contributed by atoms with E-state index in [0.29, 0.717) is 6.42 Å². The third-order valence-corrected chi connectivity index (χ3v) is 3.08. The van der Waals surface area contributed by atoms with Crippen LogP contribution < -0.4 is 5.32 Å². The van der Waals surface area contributed by atoms with E-state index in [1.807, 2.05) is 32.0 Å². The number of carbonyl (C=O) groups is 1. The van der Waals surface area contributed by atoms with E-state index >= 15 is 0 Å². The van der Waals surface area contributed by atoms with E-state index in [-0.39, 0.29) is 12.0 Å². The number of carbonyl (C=O) groups excluding carboxylic acids is 1. The van der Waals surface area contributed by atoms with E-state index in [1.165, 1.54) is 5.56 Å². The SMILES string of the molecule is CNC1Cc2ccccc2C(C)(C)OC1=O. The average Bonchev–Trinajstić information content (AvgIpc) is 2.34. The Bertz CT molecular complexity index is 412. The van der Waals surface area contributed by atoms with Crippen LogP contribution in [-0.4, -0.2) is 19.1 Å². The summed E-state index contributed by atoms with van der Waals surface area (Å²) in [6, 6.07) is 7.82. The smallest absolute Gasteiger partial charge is 0.324 e. The van der Waals surface area contributed by atoms with Crippen LogP contribution in [0.15, 0.2) is 24.3 Å². The molecule has 2 rings (SSSR count). The molecule has 0 aliphatic carbocycles.